The highest BCUT2D eigenvalue weighted by Crippen LogP contribution is 2.70. The van der Waals surface area contributed by atoms with Crippen LogP contribution in [0.2, 0.25) is 0 Å². The maximum Gasteiger partial charge on any atom is 0.187 e. The number of aliphatic hydroxyl groups excluding tert-OH is 6. The van der Waals surface area contributed by atoms with Gasteiger partial charge in [-0.15, -0.1) is 0 Å². The summed E-state index contributed by atoms with van der Waals surface area (Å²) in [7, 11) is 0. The molecule has 0 aromatic rings. The number of hydrogen-bond acceptors (Lipinski definition) is 11. The van der Waals surface area contributed by atoms with Crippen LogP contribution in [0.4, 0.5) is 0 Å². The predicted molar refractivity (Wildman–Crippen MR) is 182 cm³/mol. The van der Waals surface area contributed by atoms with Crippen molar-refractivity contribution in [3.8, 4) is 0 Å². The van der Waals surface area contributed by atoms with Crippen LogP contribution in [0.15, 0.2) is 11.6 Å². The number of ether oxygens (including phenoxy) is 4. The first-order valence-electron chi connectivity index (χ1n) is 19.8. The van der Waals surface area contributed by atoms with Crippen molar-refractivity contribution in [2.45, 2.75) is 172 Å². The molecule has 11 nitrogen and oxygen atoms in total. The van der Waals surface area contributed by atoms with E-state index in [0.717, 1.165) is 67.4 Å². The maximum atomic E-state index is 11.1. The molecule has 11 heteroatoms. The van der Waals surface area contributed by atoms with Gasteiger partial charge in [0.05, 0.1) is 18.8 Å². The second kappa shape index (κ2) is 13.3. The first kappa shape index (κ1) is 36.3. The monoisotopic (exact) mass is 705 g/mol. The van der Waals surface area contributed by atoms with Crippen LogP contribution >= 0.6 is 0 Å². The predicted octanol–water partition coefficient (Wildman–Crippen LogP) is 2.33. The topological polar surface area (TPSA) is 162 Å². The van der Waals surface area contributed by atoms with Crippen LogP contribution in [0.1, 0.15) is 92.4 Å². The van der Waals surface area contributed by atoms with Gasteiger partial charge >= 0.3 is 0 Å². The molecule has 0 aromatic carbocycles. The summed E-state index contributed by atoms with van der Waals surface area (Å²) in [6.07, 6.45) is -0.408. The fourth-order valence-electron chi connectivity index (χ4n) is 13.3. The van der Waals surface area contributed by atoms with E-state index < -0.39 is 68.0 Å². The number of rotatable bonds is 5. The molecule has 0 unspecified atom stereocenters. The van der Waals surface area contributed by atoms with Crippen LogP contribution in [-0.2, 0) is 18.9 Å². The first-order valence-corrected chi connectivity index (χ1v) is 19.8. The smallest absolute Gasteiger partial charge is 0.187 e. The number of nitrogens with zero attached hydrogens (tertiary/aromatic N) is 1. The Hall–Kier alpha value is -0.700. The zero-order valence-electron chi connectivity index (χ0n) is 30.6. The molecule has 0 bridgehead atoms. The van der Waals surface area contributed by atoms with Crippen molar-refractivity contribution < 1.29 is 49.6 Å². The SMILES string of the molecule is C[C@H]1CC[C@@H]2[C@H](C)[C@H]3[C@H](C[C@H]4[C@@H]5CC=C6C[C@@H](O[C@@H]7O[C@H](CO)[C@@H](O[C@H]8O[C@@H](C)[C@H](O)[C@@H](O)[C@H]8O)[C@H](O)[C@H]7O)CC[C@]6(C)[C@H]5CC[C@]34C)N2C1. The molecule has 0 aromatic heterocycles. The molecule has 284 valence electrons. The van der Waals surface area contributed by atoms with Crippen LogP contribution in [0, 0.1) is 46.3 Å². The third-order valence-corrected chi connectivity index (χ3v) is 15.9. The summed E-state index contributed by atoms with van der Waals surface area (Å²) >= 11 is 0. The molecule has 8 rings (SSSR count). The normalized spacial score (nSPS) is 58.0. The summed E-state index contributed by atoms with van der Waals surface area (Å²) in [5.41, 5.74) is 2.01. The lowest BCUT2D eigenvalue weighted by Crippen LogP contribution is -2.64. The molecule has 8 aliphatic rings. The fourth-order valence-corrected chi connectivity index (χ4v) is 13.3. The molecule has 3 saturated carbocycles. The summed E-state index contributed by atoms with van der Waals surface area (Å²) in [6, 6.07) is 1.54. The number of allylic oxidation sites excluding steroid dienone is 1. The summed E-state index contributed by atoms with van der Waals surface area (Å²) < 4.78 is 23.7. The van der Waals surface area contributed by atoms with Gasteiger partial charge in [0.15, 0.2) is 12.6 Å². The van der Waals surface area contributed by atoms with Gasteiger partial charge in [0.25, 0.3) is 0 Å². The molecule has 7 fully saturated rings. The summed E-state index contributed by atoms with van der Waals surface area (Å²) in [5.74, 6) is 4.58. The van der Waals surface area contributed by atoms with Gasteiger partial charge in [-0.3, -0.25) is 4.90 Å². The minimum Gasteiger partial charge on any atom is -0.394 e. The van der Waals surface area contributed by atoms with Gasteiger partial charge in [-0.25, -0.2) is 0 Å². The lowest BCUT2D eigenvalue weighted by Gasteiger charge is -2.58. The Labute approximate surface area is 297 Å². The van der Waals surface area contributed by atoms with Crippen molar-refractivity contribution >= 4 is 0 Å². The van der Waals surface area contributed by atoms with Crippen molar-refractivity contribution in [2.24, 2.45) is 46.3 Å². The average Bonchev–Trinajstić information content (AvgIpc) is 3.56. The van der Waals surface area contributed by atoms with E-state index in [4.69, 9.17) is 18.9 Å². The highest BCUT2D eigenvalue weighted by atomic mass is 16.7. The second-order valence-electron chi connectivity index (χ2n) is 18.4. The Kier molecular flexibility index (Phi) is 9.62. The molecule has 4 aliphatic heterocycles. The van der Waals surface area contributed by atoms with Crippen LogP contribution in [-0.4, -0.2) is 128 Å². The van der Waals surface area contributed by atoms with Gasteiger partial charge in [0, 0.05) is 18.6 Å². The maximum absolute atomic E-state index is 11.1. The molecule has 0 radical (unpaired) electrons. The van der Waals surface area contributed by atoms with Crippen molar-refractivity contribution in [1.29, 1.82) is 0 Å². The highest BCUT2D eigenvalue weighted by molar-refractivity contribution is 5.27. The number of fused-ring (bicyclic) bond motifs is 9. The lowest BCUT2D eigenvalue weighted by molar-refractivity contribution is -0.360. The van der Waals surface area contributed by atoms with Gasteiger partial charge in [-0.2, -0.15) is 0 Å². The van der Waals surface area contributed by atoms with Crippen molar-refractivity contribution in [3.63, 3.8) is 0 Å². The molecule has 21 atom stereocenters. The summed E-state index contributed by atoms with van der Waals surface area (Å²) in [6.45, 7) is 12.5. The minimum atomic E-state index is -1.60. The molecule has 6 N–H and O–H groups in total. The van der Waals surface area contributed by atoms with E-state index in [1.54, 1.807) is 0 Å². The van der Waals surface area contributed by atoms with E-state index in [2.05, 4.69) is 38.7 Å². The Morgan fingerprint density at radius 1 is 0.820 bits per heavy atom. The van der Waals surface area contributed by atoms with E-state index in [1.807, 2.05) is 0 Å². The average molecular weight is 706 g/mol. The second-order valence-corrected chi connectivity index (χ2v) is 18.4. The van der Waals surface area contributed by atoms with E-state index in [0.29, 0.717) is 11.3 Å². The van der Waals surface area contributed by atoms with Gasteiger partial charge < -0.3 is 49.6 Å². The largest absolute Gasteiger partial charge is 0.394 e. The van der Waals surface area contributed by atoms with E-state index in [-0.39, 0.29) is 11.5 Å². The molecular formula is C39H63NO10. The number of hydrogen-bond donors (Lipinski definition) is 6. The van der Waals surface area contributed by atoms with Crippen molar-refractivity contribution in [1.82, 2.24) is 4.90 Å². The van der Waals surface area contributed by atoms with Crippen molar-refractivity contribution in [2.75, 3.05) is 13.2 Å². The highest BCUT2D eigenvalue weighted by Gasteiger charge is 2.66. The summed E-state index contributed by atoms with van der Waals surface area (Å²) in [5, 5.41) is 63.1. The molecule has 4 aliphatic carbocycles. The van der Waals surface area contributed by atoms with Crippen LogP contribution in [0.25, 0.3) is 0 Å². The number of piperidine rings is 1. The summed E-state index contributed by atoms with van der Waals surface area (Å²) in [4.78, 5) is 2.97. The van der Waals surface area contributed by atoms with Crippen LogP contribution < -0.4 is 0 Å². The first-order chi connectivity index (χ1) is 23.8. The third-order valence-electron chi connectivity index (χ3n) is 15.9. The fraction of sp³-hybridized carbons (Fsp3) is 0.949. The van der Waals surface area contributed by atoms with Gasteiger partial charge in [-0.1, -0.05) is 39.3 Å². The van der Waals surface area contributed by atoms with Gasteiger partial charge in [-0.05, 0) is 111 Å². The van der Waals surface area contributed by atoms with E-state index in [1.165, 1.54) is 51.1 Å². The van der Waals surface area contributed by atoms with E-state index >= 15 is 0 Å². The molecular weight excluding hydrogens is 642 g/mol. The minimum absolute atomic E-state index is 0.129. The molecule has 0 spiro atoms. The van der Waals surface area contributed by atoms with Crippen LogP contribution in [0.5, 0.6) is 0 Å². The Balaban J connectivity index is 0.926. The van der Waals surface area contributed by atoms with Gasteiger partial charge in [0.1, 0.15) is 42.7 Å². The quantitative estimate of drug-likeness (QED) is 0.233. The molecule has 50 heavy (non-hydrogen) atoms. The molecule has 0 amide bonds. The van der Waals surface area contributed by atoms with Crippen molar-refractivity contribution in [3.05, 3.63) is 11.6 Å². The Morgan fingerprint density at radius 2 is 1.56 bits per heavy atom. The van der Waals surface area contributed by atoms with Gasteiger partial charge in [0.2, 0.25) is 0 Å². The van der Waals surface area contributed by atoms with E-state index in [9.17, 15) is 30.6 Å². The molecule has 4 saturated heterocycles. The Bertz CT molecular complexity index is 1280. The zero-order valence-corrected chi connectivity index (χ0v) is 30.6. The standard InChI is InChI=1S/C39H63NO10/c1-18-6-9-26-19(2)29-27(40(26)16-18)15-25-23-8-7-21-14-22(10-12-38(21,4)24(23)11-13-39(25,29)5)48-37-34(46)32(44)35(28(17-41)49-37)50-36-33(45)31(43)30(42)20(3)47-36/h7,18-20,22-37,41-46H,6,8-17H2,1-5H3/t18-,19-,20-,22-,23+,24-,25-,26+,27-,28+,29-,30-,31+,32+,33+,34+,35+,36+,37+,38-,39-/m0/s1. The number of aliphatic hydroxyl groups is 6. The molecule has 4 heterocycles. The van der Waals surface area contributed by atoms with Crippen LogP contribution in [0.3, 0.4) is 0 Å². The Morgan fingerprint density at radius 3 is 2.32 bits per heavy atom. The third kappa shape index (κ3) is 5.54. The zero-order chi connectivity index (χ0) is 35.4. The lowest BCUT2D eigenvalue weighted by atomic mass is 9.47.